The highest BCUT2D eigenvalue weighted by atomic mass is 16.5. The molecule has 1 saturated heterocycles. The fraction of sp³-hybridized carbons (Fsp3) is 0.533. The largest absolute Gasteiger partial charge is 0.495 e. The van der Waals surface area contributed by atoms with Crippen LogP contribution < -0.4 is 15.8 Å². The van der Waals surface area contributed by atoms with Crippen LogP contribution in [-0.2, 0) is 4.79 Å². The van der Waals surface area contributed by atoms with Crippen LogP contribution in [0.3, 0.4) is 0 Å². The minimum Gasteiger partial charge on any atom is -0.495 e. The number of piperidine rings is 1. The molecule has 4 N–H and O–H groups in total. The van der Waals surface area contributed by atoms with Gasteiger partial charge in [-0.05, 0) is 44.5 Å². The van der Waals surface area contributed by atoms with Gasteiger partial charge in [-0.3, -0.25) is 9.69 Å². The molecule has 0 aliphatic carbocycles. The number of nitrogens with two attached hydrogens (primary N) is 1. The molecule has 0 radical (unpaired) electrons. The third-order valence-electron chi connectivity index (χ3n) is 3.62. The number of nitrogens with one attached hydrogen (secondary N) is 1. The molecule has 6 heteroatoms. The van der Waals surface area contributed by atoms with Gasteiger partial charge in [-0.15, -0.1) is 0 Å². The molecule has 1 heterocycles. The molecule has 1 aromatic rings. The summed E-state index contributed by atoms with van der Waals surface area (Å²) < 4.78 is 5.20. The Balaban J connectivity index is 1.97. The topological polar surface area (TPSA) is 87.8 Å². The third-order valence-corrected chi connectivity index (χ3v) is 3.62. The maximum absolute atomic E-state index is 12.1. The number of hydrogen-bond donors (Lipinski definition) is 3. The summed E-state index contributed by atoms with van der Waals surface area (Å²) in [5.74, 6) is 0.430. The number of methoxy groups -OCH3 is 1. The first kappa shape index (κ1) is 15.6. The van der Waals surface area contributed by atoms with Crippen molar-refractivity contribution in [3.8, 4) is 5.75 Å². The molecule has 1 amide bonds. The zero-order valence-electron chi connectivity index (χ0n) is 12.6. The van der Waals surface area contributed by atoms with E-state index in [0.29, 0.717) is 23.7 Å². The quantitative estimate of drug-likeness (QED) is 0.723. The van der Waals surface area contributed by atoms with Gasteiger partial charge in [0.15, 0.2) is 0 Å². The molecule has 6 nitrogen and oxygen atoms in total. The number of hydrogen-bond acceptors (Lipinski definition) is 5. The van der Waals surface area contributed by atoms with Crippen molar-refractivity contribution in [3.63, 3.8) is 0 Å². The maximum Gasteiger partial charge on any atom is 0.238 e. The summed E-state index contributed by atoms with van der Waals surface area (Å²) in [5.41, 5.74) is 6.14. The number of amides is 1. The molecule has 0 saturated carbocycles. The Labute approximate surface area is 124 Å². The Morgan fingerprint density at radius 3 is 3.00 bits per heavy atom. The molecule has 1 aliphatic heterocycles. The van der Waals surface area contributed by atoms with Gasteiger partial charge in [0.2, 0.25) is 5.91 Å². The van der Waals surface area contributed by atoms with Gasteiger partial charge in [0.1, 0.15) is 5.75 Å². The first-order chi connectivity index (χ1) is 9.89. The number of nitrogens with zero attached hydrogens (tertiary/aromatic N) is 1. The predicted octanol–water partition coefficient (Wildman–Crippen LogP) is 1.06. The summed E-state index contributed by atoms with van der Waals surface area (Å²) in [7, 11) is 1.54. The van der Waals surface area contributed by atoms with Crippen LogP contribution in [0.5, 0.6) is 5.75 Å². The molecule has 1 aromatic carbocycles. The minimum atomic E-state index is -0.715. The molecular formula is C15H23N3O3. The van der Waals surface area contributed by atoms with E-state index in [1.165, 1.54) is 0 Å². The zero-order valence-corrected chi connectivity index (χ0v) is 12.6. The SMILES string of the molecule is COc1ccc(N)cc1NC(=O)CN1CCCC(C)(O)C1. The first-order valence-corrected chi connectivity index (χ1v) is 7.08. The summed E-state index contributed by atoms with van der Waals surface area (Å²) in [4.78, 5) is 14.1. The predicted molar refractivity (Wildman–Crippen MR) is 82.3 cm³/mol. The number of benzene rings is 1. The minimum absolute atomic E-state index is 0.142. The molecule has 0 aromatic heterocycles. The summed E-state index contributed by atoms with van der Waals surface area (Å²) in [6, 6.07) is 5.11. The van der Waals surface area contributed by atoms with E-state index >= 15 is 0 Å². The van der Waals surface area contributed by atoms with Gasteiger partial charge in [0.05, 0.1) is 24.9 Å². The third kappa shape index (κ3) is 4.34. The van der Waals surface area contributed by atoms with Crippen LogP contribution in [0.25, 0.3) is 0 Å². The van der Waals surface area contributed by atoms with Crippen LogP contribution in [0, 0.1) is 0 Å². The fourth-order valence-electron chi connectivity index (χ4n) is 2.67. The average Bonchev–Trinajstić information content (AvgIpc) is 2.37. The number of β-amino-alcohol motifs (C(OH)–C–C–N with tert-alkyl or cyclic N) is 1. The van der Waals surface area contributed by atoms with Crippen LogP contribution in [-0.4, -0.2) is 48.3 Å². The molecule has 2 rings (SSSR count). The normalized spacial score (nSPS) is 22.8. The van der Waals surface area contributed by atoms with Gasteiger partial charge in [0, 0.05) is 12.2 Å². The van der Waals surface area contributed by atoms with Crippen molar-refractivity contribution in [3.05, 3.63) is 18.2 Å². The summed E-state index contributed by atoms with van der Waals surface area (Å²) in [5, 5.41) is 12.9. The maximum atomic E-state index is 12.1. The summed E-state index contributed by atoms with van der Waals surface area (Å²) in [6.45, 7) is 3.37. The van der Waals surface area contributed by atoms with Crippen molar-refractivity contribution in [1.29, 1.82) is 0 Å². The lowest BCUT2D eigenvalue weighted by molar-refractivity contribution is -0.118. The molecule has 0 bridgehead atoms. The van der Waals surface area contributed by atoms with Crippen molar-refractivity contribution in [2.75, 3.05) is 37.8 Å². The number of anilines is 2. The number of carbonyl (C=O) groups excluding carboxylic acids is 1. The van der Waals surface area contributed by atoms with E-state index in [-0.39, 0.29) is 12.5 Å². The average molecular weight is 293 g/mol. The molecular weight excluding hydrogens is 270 g/mol. The molecule has 21 heavy (non-hydrogen) atoms. The van der Waals surface area contributed by atoms with Gasteiger partial charge in [-0.25, -0.2) is 0 Å². The van der Waals surface area contributed by atoms with Gasteiger partial charge >= 0.3 is 0 Å². The molecule has 1 unspecified atom stereocenters. The molecule has 1 atom stereocenters. The standard InChI is InChI=1S/C15H23N3O3/c1-15(20)6-3-7-18(10-15)9-14(19)17-12-8-11(16)4-5-13(12)21-2/h4-5,8,20H,3,6-7,9-10,16H2,1-2H3,(H,17,19). The second kappa shape index (κ2) is 6.32. The second-order valence-corrected chi connectivity index (χ2v) is 5.82. The number of likely N-dealkylation sites (tertiary alicyclic amines) is 1. The van der Waals surface area contributed by atoms with Crippen molar-refractivity contribution >= 4 is 17.3 Å². The van der Waals surface area contributed by atoms with E-state index in [2.05, 4.69) is 5.32 Å². The lowest BCUT2D eigenvalue weighted by Gasteiger charge is -2.36. The monoisotopic (exact) mass is 293 g/mol. The number of ether oxygens (including phenoxy) is 1. The van der Waals surface area contributed by atoms with E-state index in [0.717, 1.165) is 19.4 Å². The van der Waals surface area contributed by atoms with Crippen molar-refractivity contribution in [1.82, 2.24) is 4.90 Å². The molecule has 0 spiro atoms. The smallest absolute Gasteiger partial charge is 0.238 e. The number of carbonyl (C=O) groups is 1. The lowest BCUT2D eigenvalue weighted by Crippen LogP contribution is -2.48. The van der Waals surface area contributed by atoms with Crippen LogP contribution in [0.4, 0.5) is 11.4 Å². The van der Waals surface area contributed by atoms with Crippen LogP contribution in [0.1, 0.15) is 19.8 Å². The second-order valence-electron chi connectivity index (χ2n) is 5.82. The van der Waals surface area contributed by atoms with Crippen molar-refractivity contribution in [2.45, 2.75) is 25.4 Å². The van der Waals surface area contributed by atoms with E-state index in [4.69, 9.17) is 10.5 Å². The van der Waals surface area contributed by atoms with Crippen LogP contribution >= 0.6 is 0 Å². The number of rotatable bonds is 4. The van der Waals surface area contributed by atoms with E-state index in [1.807, 2.05) is 4.90 Å². The highest BCUT2D eigenvalue weighted by Crippen LogP contribution is 2.26. The highest BCUT2D eigenvalue weighted by molar-refractivity contribution is 5.94. The molecule has 1 fully saturated rings. The summed E-state index contributed by atoms with van der Waals surface area (Å²) >= 11 is 0. The highest BCUT2D eigenvalue weighted by Gasteiger charge is 2.29. The van der Waals surface area contributed by atoms with E-state index in [9.17, 15) is 9.90 Å². The van der Waals surface area contributed by atoms with Crippen molar-refractivity contribution in [2.24, 2.45) is 0 Å². The van der Waals surface area contributed by atoms with Gasteiger partial charge < -0.3 is 20.9 Å². The van der Waals surface area contributed by atoms with Gasteiger partial charge in [-0.2, -0.15) is 0 Å². The van der Waals surface area contributed by atoms with Crippen molar-refractivity contribution < 1.29 is 14.6 Å². The lowest BCUT2D eigenvalue weighted by atomic mass is 9.95. The molecule has 1 aliphatic rings. The fourth-order valence-corrected chi connectivity index (χ4v) is 2.67. The Kier molecular flexibility index (Phi) is 4.69. The zero-order chi connectivity index (χ0) is 15.5. The van der Waals surface area contributed by atoms with E-state index in [1.54, 1.807) is 32.2 Å². The Bertz CT molecular complexity index is 517. The van der Waals surface area contributed by atoms with Crippen LogP contribution in [0.2, 0.25) is 0 Å². The Morgan fingerprint density at radius 2 is 2.33 bits per heavy atom. The Hall–Kier alpha value is -1.79. The van der Waals surface area contributed by atoms with Gasteiger partial charge in [-0.1, -0.05) is 0 Å². The van der Waals surface area contributed by atoms with E-state index < -0.39 is 5.60 Å². The van der Waals surface area contributed by atoms with Crippen LogP contribution in [0.15, 0.2) is 18.2 Å². The number of nitrogen functional groups attached to an aromatic ring is 1. The van der Waals surface area contributed by atoms with Gasteiger partial charge in [0.25, 0.3) is 0 Å². The summed E-state index contributed by atoms with van der Waals surface area (Å²) in [6.07, 6.45) is 1.66. The molecule has 116 valence electrons. The number of aliphatic hydroxyl groups is 1. The first-order valence-electron chi connectivity index (χ1n) is 7.08. The Morgan fingerprint density at radius 1 is 1.57 bits per heavy atom.